The highest BCUT2D eigenvalue weighted by Crippen LogP contribution is 2.24. The third-order valence-electron chi connectivity index (χ3n) is 3.98. The van der Waals surface area contributed by atoms with Crippen LogP contribution in [0.5, 0.6) is 0 Å². The molecule has 0 unspecified atom stereocenters. The predicted molar refractivity (Wildman–Crippen MR) is 110 cm³/mol. The minimum Gasteiger partial charge on any atom is -0.356 e. The Morgan fingerprint density at radius 1 is 1.11 bits per heavy atom. The zero-order chi connectivity index (χ0) is 20.4. The highest BCUT2D eigenvalue weighted by atomic mass is 32.2. The molecule has 1 aliphatic heterocycles. The van der Waals surface area contributed by atoms with Gasteiger partial charge in [-0.15, -0.1) is 0 Å². The predicted octanol–water partition coefficient (Wildman–Crippen LogP) is 1.38. The summed E-state index contributed by atoms with van der Waals surface area (Å²) in [6, 6.07) is 7.59. The van der Waals surface area contributed by atoms with E-state index in [0.717, 1.165) is 17.8 Å². The molecule has 1 aromatic heterocycles. The van der Waals surface area contributed by atoms with Crippen LogP contribution in [0.15, 0.2) is 41.4 Å². The first-order valence-electron chi connectivity index (χ1n) is 8.31. The number of thioether (sulfide) groups is 1. The first kappa shape index (κ1) is 20.7. The number of amides is 1. The third-order valence-corrected chi connectivity index (χ3v) is 7.39. The Kier molecular flexibility index (Phi) is 6.03. The summed E-state index contributed by atoms with van der Waals surface area (Å²) < 4.78 is 52.0. The number of anilines is 2. The second-order valence-corrected chi connectivity index (χ2v) is 11.1. The zero-order valence-electron chi connectivity index (χ0n) is 15.0. The monoisotopic (exact) mass is 444 g/mol. The number of aromatic amines is 1. The van der Waals surface area contributed by atoms with Crippen LogP contribution >= 0.6 is 11.8 Å². The van der Waals surface area contributed by atoms with Crippen molar-refractivity contribution >= 4 is 49.1 Å². The van der Waals surface area contributed by atoms with Gasteiger partial charge in [0.15, 0.2) is 0 Å². The molecule has 3 N–H and O–H groups in total. The van der Waals surface area contributed by atoms with Crippen LogP contribution in [-0.4, -0.2) is 62.9 Å². The van der Waals surface area contributed by atoms with Gasteiger partial charge in [-0.2, -0.15) is 16.1 Å². The lowest BCUT2D eigenvalue weighted by Crippen LogP contribution is -2.37. The Labute approximate surface area is 168 Å². The smallest absolute Gasteiger partial charge is 0.272 e. The van der Waals surface area contributed by atoms with Crippen molar-refractivity contribution in [1.29, 1.82) is 0 Å². The van der Waals surface area contributed by atoms with Crippen LogP contribution in [0, 0.1) is 0 Å². The van der Waals surface area contributed by atoms with Crippen LogP contribution in [0.4, 0.5) is 11.4 Å². The summed E-state index contributed by atoms with van der Waals surface area (Å²) in [5.41, 5.74) is 0.521. The maximum Gasteiger partial charge on any atom is 0.272 e. The van der Waals surface area contributed by atoms with Gasteiger partial charge in [0.1, 0.15) is 10.6 Å². The average Bonchev–Trinajstić information content (AvgIpc) is 3.14. The quantitative estimate of drug-likeness (QED) is 0.617. The fraction of sp³-hybridized carbons (Fsp3) is 0.312. The summed E-state index contributed by atoms with van der Waals surface area (Å²) in [4.78, 5) is 15.2. The molecular weight excluding hydrogens is 424 g/mol. The van der Waals surface area contributed by atoms with Gasteiger partial charge < -0.3 is 10.3 Å². The molecule has 0 bridgehead atoms. The summed E-state index contributed by atoms with van der Waals surface area (Å²) in [6.45, 7) is 0.870. The van der Waals surface area contributed by atoms with E-state index in [0.29, 0.717) is 13.1 Å². The molecule has 12 heteroatoms. The zero-order valence-corrected chi connectivity index (χ0v) is 17.5. The summed E-state index contributed by atoms with van der Waals surface area (Å²) in [5, 5.41) is 2.58. The molecule has 0 radical (unpaired) electrons. The average molecular weight is 445 g/mol. The molecule has 28 heavy (non-hydrogen) atoms. The molecular formula is C16H20N4O5S3. The molecule has 1 saturated heterocycles. The van der Waals surface area contributed by atoms with Gasteiger partial charge in [0.2, 0.25) is 20.0 Å². The van der Waals surface area contributed by atoms with Crippen molar-refractivity contribution in [2.45, 2.75) is 4.90 Å². The Morgan fingerprint density at radius 3 is 2.39 bits per heavy atom. The van der Waals surface area contributed by atoms with Crippen LogP contribution in [0.2, 0.25) is 0 Å². The lowest BCUT2D eigenvalue weighted by Gasteiger charge is -2.24. The first-order chi connectivity index (χ1) is 13.2. The molecule has 0 spiro atoms. The normalized spacial score (nSPS) is 15.9. The lowest BCUT2D eigenvalue weighted by atomic mass is 10.2. The van der Waals surface area contributed by atoms with Crippen LogP contribution in [-0.2, 0) is 20.0 Å². The number of para-hydroxylation sites is 2. The number of hydrogen-bond donors (Lipinski definition) is 3. The topological polar surface area (TPSA) is 128 Å². The van der Waals surface area contributed by atoms with E-state index < -0.39 is 26.0 Å². The Balaban J connectivity index is 1.78. The van der Waals surface area contributed by atoms with Crippen LogP contribution < -0.4 is 10.0 Å². The van der Waals surface area contributed by atoms with Crippen LogP contribution in [0.25, 0.3) is 0 Å². The SMILES string of the molecule is CS(=O)(=O)Nc1ccccc1NC(=O)c1cc(S(=O)(=O)N2CCSCC2)c[nH]1. The molecule has 1 aromatic carbocycles. The molecule has 1 fully saturated rings. The maximum atomic E-state index is 12.7. The molecule has 9 nitrogen and oxygen atoms in total. The summed E-state index contributed by atoms with van der Waals surface area (Å²) in [7, 11) is -7.19. The van der Waals surface area contributed by atoms with E-state index in [1.54, 1.807) is 23.9 Å². The van der Waals surface area contributed by atoms with Gasteiger partial charge in [-0.05, 0) is 18.2 Å². The molecule has 0 aliphatic carbocycles. The second kappa shape index (κ2) is 8.15. The van der Waals surface area contributed by atoms with Crippen molar-refractivity contribution in [2.75, 3.05) is 40.9 Å². The van der Waals surface area contributed by atoms with Crippen molar-refractivity contribution < 1.29 is 21.6 Å². The van der Waals surface area contributed by atoms with Crippen molar-refractivity contribution in [3.05, 3.63) is 42.2 Å². The number of H-pyrrole nitrogens is 1. The minimum absolute atomic E-state index is 0.0205. The van der Waals surface area contributed by atoms with Crippen molar-refractivity contribution in [3.8, 4) is 0 Å². The number of nitrogens with one attached hydrogen (secondary N) is 3. The van der Waals surface area contributed by atoms with Gasteiger partial charge in [-0.3, -0.25) is 9.52 Å². The fourth-order valence-electron chi connectivity index (χ4n) is 2.66. The fourth-order valence-corrected chi connectivity index (χ4v) is 5.81. The number of benzene rings is 1. The Hall–Kier alpha value is -2.02. The van der Waals surface area contributed by atoms with E-state index in [1.807, 2.05) is 0 Å². The lowest BCUT2D eigenvalue weighted by molar-refractivity contribution is 0.102. The van der Waals surface area contributed by atoms with E-state index in [-0.39, 0.29) is 22.0 Å². The van der Waals surface area contributed by atoms with Crippen molar-refractivity contribution in [1.82, 2.24) is 9.29 Å². The van der Waals surface area contributed by atoms with E-state index in [2.05, 4.69) is 15.0 Å². The van der Waals surface area contributed by atoms with Crippen LogP contribution in [0.3, 0.4) is 0 Å². The molecule has 152 valence electrons. The summed E-state index contributed by atoms with van der Waals surface area (Å²) in [5.74, 6) is 0.890. The largest absolute Gasteiger partial charge is 0.356 e. The van der Waals surface area contributed by atoms with Crippen LogP contribution in [0.1, 0.15) is 10.5 Å². The van der Waals surface area contributed by atoms with Gasteiger partial charge in [0.25, 0.3) is 5.91 Å². The summed E-state index contributed by atoms with van der Waals surface area (Å²) in [6.07, 6.45) is 2.29. The maximum absolute atomic E-state index is 12.7. The number of hydrogen-bond acceptors (Lipinski definition) is 6. The number of aromatic nitrogens is 1. The molecule has 2 aromatic rings. The van der Waals surface area contributed by atoms with Crippen molar-refractivity contribution in [2.24, 2.45) is 0 Å². The molecule has 1 aliphatic rings. The number of carbonyl (C=O) groups is 1. The Morgan fingerprint density at radius 2 is 1.75 bits per heavy atom. The molecule has 3 rings (SSSR count). The highest BCUT2D eigenvalue weighted by Gasteiger charge is 2.28. The van der Waals surface area contributed by atoms with Gasteiger partial charge in [-0.25, -0.2) is 16.8 Å². The first-order valence-corrected chi connectivity index (χ1v) is 12.8. The molecule has 1 amide bonds. The minimum atomic E-state index is -3.66. The van der Waals surface area contributed by atoms with Gasteiger partial charge in [0, 0.05) is 30.8 Å². The Bertz CT molecular complexity index is 1070. The summed E-state index contributed by atoms with van der Waals surface area (Å²) >= 11 is 1.70. The van der Waals surface area contributed by atoms with E-state index in [1.165, 1.54) is 28.7 Å². The van der Waals surface area contributed by atoms with E-state index >= 15 is 0 Å². The van der Waals surface area contributed by atoms with Crippen molar-refractivity contribution in [3.63, 3.8) is 0 Å². The highest BCUT2D eigenvalue weighted by molar-refractivity contribution is 7.99. The third kappa shape index (κ3) is 4.87. The number of nitrogens with zero attached hydrogens (tertiary/aromatic N) is 1. The standard InChI is InChI=1S/C16H20N4O5S3/c1-27(22,23)19-14-5-3-2-4-13(14)18-16(21)15-10-12(11-17-15)28(24,25)20-6-8-26-9-7-20/h2-5,10-11,17,19H,6-9H2,1H3,(H,18,21). The van der Waals surface area contributed by atoms with E-state index in [9.17, 15) is 21.6 Å². The van der Waals surface area contributed by atoms with Gasteiger partial charge in [-0.1, -0.05) is 12.1 Å². The number of rotatable bonds is 6. The molecule has 0 saturated carbocycles. The molecule has 2 heterocycles. The number of carbonyl (C=O) groups excluding carboxylic acids is 1. The van der Waals surface area contributed by atoms with Gasteiger partial charge >= 0.3 is 0 Å². The van der Waals surface area contributed by atoms with E-state index in [4.69, 9.17) is 0 Å². The number of sulfonamides is 2. The second-order valence-electron chi connectivity index (χ2n) is 6.14. The van der Waals surface area contributed by atoms with Gasteiger partial charge in [0.05, 0.1) is 17.6 Å². The molecule has 0 atom stereocenters.